The number of aromatic nitrogens is 4. The highest BCUT2D eigenvalue weighted by molar-refractivity contribution is 6.04. The molecule has 5 rings (SSSR count). The van der Waals surface area contributed by atoms with Gasteiger partial charge in [-0.2, -0.15) is 5.26 Å². The van der Waals surface area contributed by atoms with E-state index >= 15 is 0 Å². The number of nitrogens with two attached hydrogens (primary N) is 1. The summed E-state index contributed by atoms with van der Waals surface area (Å²) in [7, 11) is 1.73. The summed E-state index contributed by atoms with van der Waals surface area (Å²) in [5.74, 6) is -0.767. The second-order valence-corrected chi connectivity index (χ2v) is 7.71. The maximum atomic E-state index is 12.4. The molecule has 0 bridgehead atoms. The number of carbonyl (C=O) groups excluding carboxylic acids is 1. The van der Waals surface area contributed by atoms with E-state index in [-0.39, 0.29) is 11.1 Å². The molecule has 1 amide bonds. The van der Waals surface area contributed by atoms with Crippen LogP contribution in [0.4, 0.5) is 0 Å². The summed E-state index contributed by atoms with van der Waals surface area (Å²) in [5.41, 5.74) is 10.6. The summed E-state index contributed by atoms with van der Waals surface area (Å²) in [4.78, 5) is 34.6. The number of carbonyl (C=O) groups is 1. The number of benzene rings is 1. The Morgan fingerprint density at radius 3 is 2.79 bits per heavy atom. The Labute approximate surface area is 187 Å². The van der Waals surface area contributed by atoms with E-state index in [0.29, 0.717) is 11.1 Å². The van der Waals surface area contributed by atoms with Gasteiger partial charge in [0.15, 0.2) is 0 Å². The number of amides is 1. The molecule has 0 radical (unpaired) electrons. The lowest BCUT2D eigenvalue weighted by atomic mass is 10.00. The number of pyridine rings is 2. The molecular formula is C25H18N6O2. The predicted molar refractivity (Wildman–Crippen MR) is 127 cm³/mol. The molecule has 5 aromatic rings. The molecule has 33 heavy (non-hydrogen) atoms. The van der Waals surface area contributed by atoms with Crippen molar-refractivity contribution in [3.63, 3.8) is 0 Å². The fraction of sp³-hybridized carbons (Fsp3) is 0.0400. The molecule has 4 N–H and O–H groups in total. The molecule has 0 saturated carbocycles. The van der Waals surface area contributed by atoms with Gasteiger partial charge in [-0.15, -0.1) is 0 Å². The summed E-state index contributed by atoms with van der Waals surface area (Å²) in [6.07, 6.45) is 8.70. The smallest absolute Gasteiger partial charge is 0.274 e. The lowest BCUT2D eigenvalue weighted by molar-refractivity contribution is -0.114. The second kappa shape index (κ2) is 7.66. The highest BCUT2D eigenvalue weighted by Crippen LogP contribution is 2.34. The summed E-state index contributed by atoms with van der Waals surface area (Å²) in [6.45, 7) is 0. The zero-order valence-electron chi connectivity index (χ0n) is 17.6. The van der Waals surface area contributed by atoms with E-state index in [0.717, 1.165) is 38.7 Å². The summed E-state index contributed by atoms with van der Waals surface area (Å²) >= 11 is 0. The van der Waals surface area contributed by atoms with Gasteiger partial charge in [-0.05, 0) is 35.4 Å². The minimum atomic E-state index is -0.767. The first-order valence-electron chi connectivity index (χ1n) is 10.1. The number of aryl methyl sites for hydroxylation is 1. The fourth-order valence-corrected chi connectivity index (χ4v) is 4.00. The van der Waals surface area contributed by atoms with E-state index in [1.807, 2.05) is 48.8 Å². The average Bonchev–Trinajstić information content (AvgIpc) is 3.47. The van der Waals surface area contributed by atoms with Crippen LogP contribution < -0.4 is 11.3 Å². The van der Waals surface area contributed by atoms with Crippen LogP contribution in [0.15, 0.2) is 71.6 Å². The molecule has 1 aromatic carbocycles. The third-order valence-corrected chi connectivity index (χ3v) is 5.63. The van der Waals surface area contributed by atoms with Gasteiger partial charge < -0.3 is 20.3 Å². The SMILES string of the molecule is Cn1cc(-c2c[nH]c3ncc(-c4cccc(/C=C(\C#N)C(N)=O)c4)cc23)c2cc[nH]c2c1=O. The predicted octanol–water partition coefficient (Wildman–Crippen LogP) is 3.47. The molecule has 0 spiro atoms. The van der Waals surface area contributed by atoms with Crippen molar-refractivity contribution in [1.29, 1.82) is 5.26 Å². The van der Waals surface area contributed by atoms with Gasteiger partial charge in [0.25, 0.3) is 11.5 Å². The molecule has 0 unspecified atom stereocenters. The second-order valence-electron chi connectivity index (χ2n) is 7.71. The molecule has 0 aliphatic rings. The van der Waals surface area contributed by atoms with Crippen LogP contribution in [0.2, 0.25) is 0 Å². The number of hydrogen-bond acceptors (Lipinski definition) is 4. The molecule has 8 nitrogen and oxygen atoms in total. The number of H-pyrrole nitrogens is 2. The van der Waals surface area contributed by atoms with Crippen LogP contribution in [0.25, 0.3) is 50.3 Å². The van der Waals surface area contributed by atoms with Crippen molar-refractivity contribution >= 4 is 33.9 Å². The van der Waals surface area contributed by atoms with Gasteiger partial charge in [-0.25, -0.2) is 4.98 Å². The van der Waals surface area contributed by atoms with E-state index in [4.69, 9.17) is 11.0 Å². The number of nitrogens with zero attached hydrogens (tertiary/aromatic N) is 3. The number of aromatic amines is 2. The van der Waals surface area contributed by atoms with E-state index in [2.05, 4.69) is 15.0 Å². The van der Waals surface area contributed by atoms with Gasteiger partial charge in [-0.1, -0.05) is 18.2 Å². The Morgan fingerprint density at radius 2 is 2.00 bits per heavy atom. The Morgan fingerprint density at radius 1 is 1.15 bits per heavy atom. The maximum absolute atomic E-state index is 12.4. The highest BCUT2D eigenvalue weighted by atomic mass is 16.1. The third-order valence-electron chi connectivity index (χ3n) is 5.63. The molecule has 0 atom stereocenters. The van der Waals surface area contributed by atoms with Gasteiger partial charge in [0.05, 0.1) is 0 Å². The first-order chi connectivity index (χ1) is 16.0. The van der Waals surface area contributed by atoms with E-state index in [9.17, 15) is 9.59 Å². The molecule has 160 valence electrons. The molecule has 0 aliphatic carbocycles. The lowest BCUT2D eigenvalue weighted by Crippen LogP contribution is -2.16. The van der Waals surface area contributed by atoms with Crippen molar-refractivity contribution in [2.75, 3.05) is 0 Å². The van der Waals surface area contributed by atoms with Gasteiger partial charge in [-0.3, -0.25) is 9.59 Å². The molecule has 4 aromatic heterocycles. The highest BCUT2D eigenvalue weighted by Gasteiger charge is 2.15. The Bertz CT molecular complexity index is 1690. The molecule has 8 heteroatoms. The molecule has 0 aliphatic heterocycles. The van der Waals surface area contributed by atoms with Crippen LogP contribution in [0, 0.1) is 11.3 Å². The number of rotatable bonds is 4. The zero-order valence-corrected chi connectivity index (χ0v) is 17.6. The van der Waals surface area contributed by atoms with E-state index < -0.39 is 5.91 Å². The van der Waals surface area contributed by atoms with Gasteiger partial charge >= 0.3 is 0 Å². The van der Waals surface area contributed by atoms with Crippen molar-refractivity contribution < 1.29 is 4.79 Å². The van der Waals surface area contributed by atoms with Gasteiger partial charge in [0, 0.05) is 59.3 Å². The minimum absolute atomic E-state index is 0.0880. The minimum Gasteiger partial charge on any atom is -0.365 e. The maximum Gasteiger partial charge on any atom is 0.274 e. The summed E-state index contributed by atoms with van der Waals surface area (Å²) in [6, 6.07) is 13.2. The Kier molecular flexibility index (Phi) is 4.65. The van der Waals surface area contributed by atoms with Gasteiger partial charge in [0.1, 0.15) is 22.8 Å². The standard InChI is InChI=1S/C25H18N6O2/c1-31-13-21(18-5-6-28-22(18)25(31)33)20-12-30-24-19(20)9-17(11-29-24)15-4-2-3-14(7-15)8-16(10-26)23(27)32/h2-9,11-13,28H,1H3,(H2,27,32)(H,29,30)/b16-8+. The monoisotopic (exact) mass is 434 g/mol. The number of hydrogen-bond donors (Lipinski definition) is 3. The quantitative estimate of drug-likeness (QED) is 0.295. The van der Waals surface area contributed by atoms with Gasteiger partial charge in [0.2, 0.25) is 0 Å². The van der Waals surface area contributed by atoms with Crippen LogP contribution in [-0.2, 0) is 11.8 Å². The lowest BCUT2D eigenvalue weighted by Gasteiger charge is -2.07. The first-order valence-corrected chi connectivity index (χ1v) is 10.1. The first kappa shape index (κ1) is 20.0. The molecule has 0 fully saturated rings. The number of nitriles is 1. The van der Waals surface area contributed by atoms with Crippen LogP contribution in [0.3, 0.4) is 0 Å². The fourth-order valence-electron chi connectivity index (χ4n) is 4.00. The topological polar surface area (TPSA) is 133 Å². The van der Waals surface area contributed by atoms with Crippen molar-refractivity contribution in [1.82, 2.24) is 19.5 Å². The third kappa shape index (κ3) is 3.38. The van der Waals surface area contributed by atoms with E-state index in [1.165, 1.54) is 6.08 Å². The zero-order chi connectivity index (χ0) is 23.1. The number of primary amides is 1. The Balaban J connectivity index is 1.66. The van der Waals surface area contributed by atoms with Crippen molar-refractivity contribution in [2.24, 2.45) is 12.8 Å². The number of nitrogens with one attached hydrogen (secondary N) is 2. The van der Waals surface area contributed by atoms with Crippen LogP contribution in [0.5, 0.6) is 0 Å². The summed E-state index contributed by atoms with van der Waals surface area (Å²) in [5, 5.41) is 10.9. The molecule has 0 saturated heterocycles. The Hall–Kier alpha value is -4.90. The largest absolute Gasteiger partial charge is 0.365 e. The summed E-state index contributed by atoms with van der Waals surface area (Å²) < 4.78 is 1.56. The van der Waals surface area contributed by atoms with Crippen molar-refractivity contribution in [3.05, 3.63) is 82.7 Å². The molecule has 4 heterocycles. The van der Waals surface area contributed by atoms with Crippen molar-refractivity contribution in [2.45, 2.75) is 0 Å². The van der Waals surface area contributed by atoms with Crippen LogP contribution >= 0.6 is 0 Å². The normalized spacial score (nSPS) is 11.7. The van der Waals surface area contributed by atoms with Crippen molar-refractivity contribution in [3.8, 4) is 28.3 Å². The number of fused-ring (bicyclic) bond motifs is 2. The molecular weight excluding hydrogens is 416 g/mol. The van der Waals surface area contributed by atoms with Crippen LogP contribution in [-0.4, -0.2) is 25.4 Å². The average molecular weight is 434 g/mol. The van der Waals surface area contributed by atoms with Crippen LogP contribution in [0.1, 0.15) is 5.56 Å². The van der Waals surface area contributed by atoms with E-state index in [1.54, 1.807) is 30.1 Å².